The lowest BCUT2D eigenvalue weighted by Gasteiger charge is -2.18. The molecule has 0 radical (unpaired) electrons. The van der Waals surface area contributed by atoms with E-state index in [1.807, 2.05) is 18.7 Å². The van der Waals surface area contributed by atoms with Gasteiger partial charge in [-0.15, -0.1) is 12.4 Å². The average molecular weight is 467 g/mol. The molecule has 0 aliphatic rings. The Kier molecular flexibility index (Phi) is 11.1. The number of nitrogens with zero attached hydrogens (tertiary/aromatic N) is 2. The van der Waals surface area contributed by atoms with Crippen LogP contribution in [-0.2, 0) is 4.74 Å². The van der Waals surface area contributed by atoms with Crippen molar-refractivity contribution in [2.75, 3.05) is 45.9 Å². The molecule has 2 aromatic rings. The van der Waals surface area contributed by atoms with Gasteiger partial charge >= 0.3 is 5.97 Å². The smallest absolute Gasteiger partial charge is 0.342 e. The second-order valence-electron chi connectivity index (χ2n) is 7.53. The Bertz CT molecular complexity index is 946. The number of ether oxygens (including phenoxy) is 1. The van der Waals surface area contributed by atoms with E-state index in [4.69, 9.17) is 9.15 Å². The van der Waals surface area contributed by atoms with E-state index < -0.39 is 5.97 Å². The van der Waals surface area contributed by atoms with Crippen LogP contribution in [0.3, 0.4) is 0 Å². The summed E-state index contributed by atoms with van der Waals surface area (Å²) in [6.07, 6.45) is 0. The number of aryl methyl sites for hydroxylation is 1. The monoisotopic (exact) mass is 466 g/mol. The number of fused-ring (bicyclic) bond motifs is 1. The molecule has 178 valence electrons. The molecule has 0 fully saturated rings. The lowest BCUT2D eigenvalue weighted by Crippen LogP contribution is -2.30. The van der Waals surface area contributed by atoms with Crippen molar-refractivity contribution in [3.63, 3.8) is 0 Å². The highest BCUT2D eigenvalue weighted by molar-refractivity contribution is 6.14. The zero-order chi connectivity index (χ0) is 23.1. The van der Waals surface area contributed by atoms with Crippen LogP contribution in [0, 0.1) is 6.92 Å². The minimum absolute atomic E-state index is 0. The summed E-state index contributed by atoms with van der Waals surface area (Å²) in [7, 11) is 0. The van der Waals surface area contributed by atoms with Crippen LogP contribution >= 0.6 is 12.4 Å². The molecule has 0 atom stereocenters. The summed E-state index contributed by atoms with van der Waals surface area (Å²) in [5.41, 5.74) is 1.32. The van der Waals surface area contributed by atoms with Gasteiger partial charge in [0, 0.05) is 23.1 Å². The molecule has 7 nitrogen and oxygen atoms in total. The Balaban J connectivity index is 0.00000512. The lowest BCUT2D eigenvalue weighted by molar-refractivity contribution is 0.0466. The maximum Gasteiger partial charge on any atom is 0.342 e. The molecule has 0 bridgehead atoms. The van der Waals surface area contributed by atoms with E-state index in [-0.39, 0.29) is 37.1 Å². The zero-order valence-electron chi connectivity index (χ0n) is 19.9. The molecule has 0 unspecified atom stereocenters. The summed E-state index contributed by atoms with van der Waals surface area (Å²) in [5.74, 6) is -0.454. The molecule has 1 heterocycles. The van der Waals surface area contributed by atoms with Crippen LogP contribution in [0.25, 0.3) is 11.0 Å². The number of carbonyl (C=O) groups is 3. The fraction of sp³-hybridized carbons (Fsp3) is 0.542. The van der Waals surface area contributed by atoms with Gasteiger partial charge in [0.15, 0.2) is 11.6 Å². The van der Waals surface area contributed by atoms with E-state index >= 15 is 0 Å². The number of furan rings is 1. The third-order valence-electron chi connectivity index (χ3n) is 5.68. The van der Waals surface area contributed by atoms with Crippen molar-refractivity contribution in [2.24, 2.45) is 0 Å². The van der Waals surface area contributed by atoms with Gasteiger partial charge in [-0.3, -0.25) is 14.5 Å². The van der Waals surface area contributed by atoms with Gasteiger partial charge < -0.3 is 14.1 Å². The molecule has 0 saturated carbocycles. The predicted molar refractivity (Wildman–Crippen MR) is 128 cm³/mol. The van der Waals surface area contributed by atoms with Crippen LogP contribution in [0.5, 0.6) is 0 Å². The third kappa shape index (κ3) is 6.40. The number of ketones is 2. The van der Waals surface area contributed by atoms with Crippen molar-refractivity contribution in [2.45, 2.75) is 41.5 Å². The molecule has 0 aliphatic carbocycles. The Morgan fingerprint density at radius 2 is 1.53 bits per heavy atom. The number of carbonyl (C=O) groups excluding carboxylic acids is 3. The molecular weight excluding hydrogens is 432 g/mol. The number of hydrogen-bond acceptors (Lipinski definition) is 7. The molecule has 0 amide bonds. The number of benzene rings is 1. The van der Waals surface area contributed by atoms with Crippen LogP contribution in [0.2, 0.25) is 0 Å². The van der Waals surface area contributed by atoms with Gasteiger partial charge in [0.05, 0.1) is 6.54 Å². The first-order valence-corrected chi connectivity index (χ1v) is 11.0. The maximum atomic E-state index is 13.0. The molecule has 1 aromatic carbocycles. The van der Waals surface area contributed by atoms with Crippen molar-refractivity contribution in [1.82, 2.24) is 9.80 Å². The average Bonchev–Trinajstić information content (AvgIpc) is 3.08. The maximum absolute atomic E-state index is 13.0. The lowest BCUT2D eigenvalue weighted by atomic mass is 9.97. The summed E-state index contributed by atoms with van der Waals surface area (Å²) in [5, 5.41) is 0.498. The van der Waals surface area contributed by atoms with Crippen molar-refractivity contribution >= 4 is 40.9 Å². The largest absolute Gasteiger partial charge is 0.461 e. The van der Waals surface area contributed by atoms with Crippen LogP contribution < -0.4 is 0 Å². The number of likely N-dealkylation sites (N-methyl/N-ethyl adjacent to an activating group) is 2. The van der Waals surface area contributed by atoms with Crippen molar-refractivity contribution in [3.05, 3.63) is 34.6 Å². The Hall–Kier alpha value is -2.22. The number of rotatable bonds is 12. The van der Waals surface area contributed by atoms with E-state index in [9.17, 15) is 14.4 Å². The van der Waals surface area contributed by atoms with E-state index in [2.05, 4.69) is 18.7 Å². The SMILES string of the molecule is CCN(CC)CCOC(=O)c1c(C)oc2cc(C(C)=O)c(C(=O)CN(CC)CC)cc12.Cl. The van der Waals surface area contributed by atoms with Gasteiger partial charge in [0.25, 0.3) is 0 Å². The topological polar surface area (TPSA) is 80.1 Å². The highest BCUT2D eigenvalue weighted by atomic mass is 35.5. The molecule has 0 aliphatic heterocycles. The summed E-state index contributed by atoms with van der Waals surface area (Å²) in [4.78, 5) is 42.2. The van der Waals surface area contributed by atoms with Crippen LogP contribution in [0.1, 0.15) is 71.5 Å². The number of hydrogen-bond donors (Lipinski definition) is 0. The van der Waals surface area contributed by atoms with E-state index in [0.717, 1.165) is 26.2 Å². The summed E-state index contributed by atoms with van der Waals surface area (Å²) < 4.78 is 11.2. The van der Waals surface area contributed by atoms with Gasteiger partial charge in [-0.2, -0.15) is 0 Å². The molecule has 2 rings (SSSR count). The third-order valence-corrected chi connectivity index (χ3v) is 5.68. The van der Waals surface area contributed by atoms with E-state index in [1.165, 1.54) is 6.92 Å². The van der Waals surface area contributed by atoms with Gasteiger partial charge in [-0.1, -0.05) is 27.7 Å². The molecule has 0 N–H and O–H groups in total. The Morgan fingerprint density at radius 1 is 0.938 bits per heavy atom. The minimum atomic E-state index is -0.485. The molecule has 0 saturated heterocycles. The second kappa shape index (κ2) is 12.7. The van der Waals surface area contributed by atoms with E-state index in [1.54, 1.807) is 19.1 Å². The fourth-order valence-corrected chi connectivity index (χ4v) is 3.66. The molecule has 8 heteroatoms. The van der Waals surface area contributed by atoms with Gasteiger partial charge in [-0.05, 0) is 52.2 Å². The molecular formula is C24H35ClN2O5. The van der Waals surface area contributed by atoms with Gasteiger partial charge in [0.1, 0.15) is 23.5 Å². The number of esters is 1. The van der Waals surface area contributed by atoms with Crippen molar-refractivity contribution in [3.8, 4) is 0 Å². The highest BCUT2D eigenvalue weighted by Gasteiger charge is 2.25. The quantitative estimate of drug-likeness (QED) is 0.339. The van der Waals surface area contributed by atoms with Gasteiger partial charge in [-0.25, -0.2) is 4.79 Å². The van der Waals surface area contributed by atoms with Crippen molar-refractivity contribution < 1.29 is 23.5 Å². The molecule has 1 aromatic heterocycles. The zero-order valence-corrected chi connectivity index (χ0v) is 20.8. The normalized spacial score (nSPS) is 11.1. The first-order chi connectivity index (χ1) is 14.8. The summed E-state index contributed by atoms with van der Waals surface area (Å²) in [6.45, 7) is 15.5. The highest BCUT2D eigenvalue weighted by Crippen LogP contribution is 2.30. The van der Waals surface area contributed by atoms with Crippen molar-refractivity contribution in [1.29, 1.82) is 0 Å². The second-order valence-corrected chi connectivity index (χ2v) is 7.53. The predicted octanol–water partition coefficient (Wildman–Crippen LogP) is 4.39. The van der Waals surface area contributed by atoms with Crippen LogP contribution in [-0.4, -0.2) is 73.2 Å². The molecule has 0 spiro atoms. The minimum Gasteiger partial charge on any atom is -0.461 e. The van der Waals surface area contributed by atoms with Crippen LogP contribution in [0.4, 0.5) is 0 Å². The molecule has 32 heavy (non-hydrogen) atoms. The first-order valence-electron chi connectivity index (χ1n) is 11.0. The number of Topliss-reactive ketones (excluding diaryl/α,β-unsaturated/α-hetero) is 2. The van der Waals surface area contributed by atoms with E-state index in [0.29, 0.717) is 40.0 Å². The van der Waals surface area contributed by atoms with Crippen LogP contribution in [0.15, 0.2) is 16.5 Å². The summed E-state index contributed by atoms with van der Waals surface area (Å²) in [6, 6.07) is 3.17. The number of halogens is 1. The fourth-order valence-electron chi connectivity index (χ4n) is 3.66. The summed E-state index contributed by atoms with van der Waals surface area (Å²) >= 11 is 0. The first kappa shape index (κ1) is 27.8. The van der Waals surface area contributed by atoms with Gasteiger partial charge in [0.2, 0.25) is 0 Å². The Labute approximate surface area is 196 Å². The Morgan fingerprint density at radius 3 is 2.06 bits per heavy atom. The standard InChI is InChI=1S/C24H34N2O5.ClH/c1-7-25(8-2)11-12-30-24(29)23-17(6)31-22-14-18(16(5)27)19(13-20(22)23)21(28)15-26(9-3)10-4;/h13-14H,7-12,15H2,1-6H3;1H.